The maximum Gasteiger partial charge on any atom is 0.351 e. The molecule has 1 atom stereocenters. The number of hydrogen-bond acceptors (Lipinski definition) is 7. The molecule has 2 aromatic heterocycles. The zero-order valence-electron chi connectivity index (χ0n) is 15.7. The lowest BCUT2D eigenvalue weighted by molar-refractivity contribution is -0.129. The third kappa shape index (κ3) is 5.02. The Hall–Kier alpha value is -3.59. The van der Waals surface area contributed by atoms with Gasteiger partial charge >= 0.3 is 5.97 Å². The molecule has 9 heteroatoms. The molecule has 0 spiro atoms. The number of aryl methyl sites for hydroxylation is 1. The quantitative estimate of drug-likeness (QED) is 0.494. The molecule has 0 bridgehead atoms. The van der Waals surface area contributed by atoms with E-state index in [9.17, 15) is 14.4 Å². The number of benzene rings is 1. The van der Waals surface area contributed by atoms with Crippen LogP contribution in [0.5, 0.6) is 0 Å². The number of hydrogen-bond donors (Lipinski definition) is 2. The minimum Gasteiger partial charge on any atom is -0.448 e. The Kier molecular flexibility index (Phi) is 6.30. The maximum absolute atomic E-state index is 12.4. The number of carbonyl (C=O) groups excluding carboxylic acids is 3. The Morgan fingerprint density at radius 2 is 1.76 bits per heavy atom. The summed E-state index contributed by atoms with van der Waals surface area (Å²) in [5, 5.41) is 0.585. The van der Waals surface area contributed by atoms with E-state index in [4.69, 9.17) is 4.74 Å². The summed E-state index contributed by atoms with van der Waals surface area (Å²) >= 11 is 1.14. The minimum atomic E-state index is -1.11. The van der Waals surface area contributed by atoms with Crippen molar-refractivity contribution >= 4 is 29.1 Å². The SMILES string of the molecule is Cc1nc(-c2ccccn2)sc1C(=O)O[C@H](C)C(=O)NNC(=O)c1ccccc1. The molecule has 0 aliphatic carbocycles. The van der Waals surface area contributed by atoms with Crippen molar-refractivity contribution in [2.45, 2.75) is 20.0 Å². The second-order valence-corrected chi connectivity index (χ2v) is 7.00. The van der Waals surface area contributed by atoms with Gasteiger partial charge in [-0.05, 0) is 38.1 Å². The molecule has 0 fully saturated rings. The Labute approximate surface area is 170 Å². The van der Waals surface area contributed by atoms with E-state index in [1.165, 1.54) is 6.92 Å². The summed E-state index contributed by atoms with van der Waals surface area (Å²) in [6, 6.07) is 13.8. The Balaban J connectivity index is 1.58. The fraction of sp³-hybridized carbons (Fsp3) is 0.150. The third-order valence-corrected chi connectivity index (χ3v) is 5.01. The van der Waals surface area contributed by atoms with Crippen LogP contribution >= 0.6 is 11.3 Å². The highest BCUT2D eigenvalue weighted by Crippen LogP contribution is 2.27. The van der Waals surface area contributed by atoms with Gasteiger partial charge in [0, 0.05) is 11.8 Å². The van der Waals surface area contributed by atoms with E-state index >= 15 is 0 Å². The van der Waals surface area contributed by atoms with Crippen molar-refractivity contribution in [1.82, 2.24) is 20.8 Å². The minimum absolute atomic E-state index is 0.290. The fourth-order valence-corrected chi connectivity index (χ4v) is 3.26. The molecule has 0 aliphatic rings. The highest BCUT2D eigenvalue weighted by Gasteiger charge is 2.23. The van der Waals surface area contributed by atoms with E-state index in [1.807, 2.05) is 6.07 Å². The van der Waals surface area contributed by atoms with Crippen LogP contribution in [-0.4, -0.2) is 33.9 Å². The summed E-state index contributed by atoms with van der Waals surface area (Å²) in [5.74, 6) is -1.80. The predicted molar refractivity (Wildman–Crippen MR) is 107 cm³/mol. The first-order chi connectivity index (χ1) is 14.0. The van der Waals surface area contributed by atoms with Crippen LogP contribution in [0.15, 0.2) is 54.7 Å². The number of carbonyl (C=O) groups is 3. The topological polar surface area (TPSA) is 110 Å². The van der Waals surface area contributed by atoms with Crippen LogP contribution in [0.25, 0.3) is 10.7 Å². The molecule has 29 heavy (non-hydrogen) atoms. The molecular formula is C20H18N4O4S. The zero-order valence-corrected chi connectivity index (χ0v) is 16.5. The van der Waals surface area contributed by atoms with Crippen LogP contribution < -0.4 is 10.9 Å². The van der Waals surface area contributed by atoms with E-state index in [0.29, 0.717) is 26.8 Å². The lowest BCUT2D eigenvalue weighted by Crippen LogP contribution is -2.46. The number of amides is 2. The zero-order chi connectivity index (χ0) is 20.8. The maximum atomic E-state index is 12.4. The van der Waals surface area contributed by atoms with Crippen molar-refractivity contribution in [3.63, 3.8) is 0 Å². The van der Waals surface area contributed by atoms with Crippen LogP contribution in [0.2, 0.25) is 0 Å². The van der Waals surface area contributed by atoms with E-state index in [2.05, 4.69) is 20.8 Å². The van der Waals surface area contributed by atoms with E-state index in [0.717, 1.165) is 11.3 Å². The third-order valence-electron chi connectivity index (χ3n) is 3.85. The molecule has 2 N–H and O–H groups in total. The first-order valence-corrected chi connectivity index (χ1v) is 9.52. The second-order valence-electron chi connectivity index (χ2n) is 6.01. The van der Waals surface area contributed by atoms with E-state index in [1.54, 1.807) is 55.6 Å². The van der Waals surface area contributed by atoms with Gasteiger partial charge < -0.3 is 4.74 Å². The van der Waals surface area contributed by atoms with Gasteiger partial charge in [0.1, 0.15) is 9.88 Å². The van der Waals surface area contributed by atoms with Gasteiger partial charge in [-0.1, -0.05) is 24.3 Å². The van der Waals surface area contributed by atoms with Crippen molar-refractivity contribution in [3.8, 4) is 10.7 Å². The number of rotatable bonds is 5. The van der Waals surface area contributed by atoms with Crippen LogP contribution in [0.1, 0.15) is 32.6 Å². The van der Waals surface area contributed by atoms with Gasteiger partial charge in [-0.25, -0.2) is 9.78 Å². The average Bonchev–Trinajstić information content (AvgIpc) is 3.14. The van der Waals surface area contributed by atoms with E-state index < -0.39 is 23.9 Å². The molecule has 3 aromatic rings. The molecule has 3 rings (SSSR count). The smallest absolute Gasteiger partial charge is 0.351 e. The molecule has 0 radical (unpaired) electrons. The number of thiazole rings is 1. The van der Waals surface area contributed by atoms with Gasteiger partial charge in [-0.3, -0.25) is 25.4 Å². The summed E-state index contributed by atoms with van der Waals surface area (Å²) < 4.78 is 5.21. The fourth-order valence-electron chi connectivity index (χ4n) is 2.33. The molecule has 0 saturated carbocycles. The summed E-state index contributed by atoms with van der Waals surface area (Å²) in [6.07, 6.45) is 0.526. The molecule has 1 aromatic carbocycles. The number of hydrazine groups is 1. The Bertz CT molecular complexity index is 1020. The molecule has 148 valence electrons. The van der Waals surface area contributed by atoms with Gasteiger partial charge in [-0.15, -0.1) is 11.3 Å². The molecular weight excluding hydrogens is 392 g/mol. The molecule has 0 aliphatic heterocycles. The largest absolute Gasteiger partial charge is 0.448 e. The number of esters is 1. The Morgan fingerprint density at radius 1 is 1.03 bits per heavy atom. The number of pyridine rings is 1. The van der Waals surface area contributed by atoms with Gasteiger partial charge in [0.05, 0.1) is 11.4 Å². The standard InChI is InChI=1S/C20H18N4O4S/c1-12-16(29-19(22-12)15-10-6-7-11-21-15)20(27)28-13(2)17(25)23-24-18(26)14-8-4-3-5-9-14/h3-11,13H,1-2H3,(H,23,25)(H,24,26)/t13-/m1/s1. The second kappa shape index (κ2) is 9.07. The lowest BCUT2D eigenvalue weighted by atomic mass is 10.2. The van der Waals surface area contributed by atoms with Crippen molar-refractivity contribution in [1.29, 1.82) is 0 Å². The van der Waals surface area contributed by atoms with Gasteiger partial charge in [0.15, 0.2) is 6.10 Å². The van der Waals surface area contributed by atoms with Gasteiger partial charge in [0.2, 0.25) is 0 Å². The van der Waals surface area contributed by atoms with Crippen molar-refractivity contribution in [2.75, 3.05) is 0 Å². The van der Waals surface area contributed by atoms with Crippen LogP contribution in [0, 0.1) is 6.92 Å². The number of nitrogens with zero attached hydrogens (tertiary/aromatic N) is 2. The van der Waals surface area contributed by atoms with E-state index in [-0.39, 0.29) is 0 Å². The predicted octanol–water partition coefficient (Wildman–Crippen LogP) is 2.52. The molecule has 8 nitrogen and oxygen atoms in total. The summed E-state index contributed by atoms with van der Waals surface area (Å²) in [5.41, 5.74) is 6.05. The first-order valence-electron chi connectivity index (χ1n) is 8.70. The number of ether oxygens (including phenoxy) is 1. The van der Waals surface area contributed by atoms with Crippen molar-refractivity contribution in [2.24, 2.45) is 0 Å². The Morgan fingerprint density at radius 3 is 2.45 bits per heavy atom. The van der Waals surface area contributed by atoms with Gasteiger partial charge in [0.25, 0.3) is 11.8 Å². The summed E-state index contributed by atoms with van der Waals surface area (Å²) in [7, 11) is 0. The van der Waals surface area contributed by atoms with Gasteiger partial charge in [-0.2, -0.15) is 0 Å². The van der Waals surface area contributed by atoms with Crippen LogP contribution in [0.4, 0.5) is 0 Å². The molecule has 0 unspecified atom stereocenters. The number of nitrogens with one attached hydrogen (secondary N) is 2. The van der Waals surface area contributed by atoms with Crippen molar-refractivity contribution in [3.05, 3.63) is 70.9 Å². The summed E-state index contributed by atoms with van der Waals surface area (Å²) in [4.78, 5) is 45.4. The molecule has 2 amide bonds. The average molecular weight is 410 g/mol. The highest BCUT2D eigenvalue weighted by atomic mass is 32.1. The first kappa shape index (κ1) is 20.2. The van der Waals surface area contributed by atoms with Crippen molar-refractivity contribution < 1.29 is 19.1 Å². The van der Waals surface area contributed by atoms with Crippen LogP contribution in [-0.2, 0) is 9.53 Å². The summed E-state index contributed by atoms with van der Waals surface area (Å²) in [6.45, 7) is 3.10. The molecule has 2 heterocycles. The molecule has 0 saturated heterocycles. The normalized spacial score (nSPS) is 11.4. The number of aromatic nitrogens is 2. The van der Waals surface area contributed by atoms with Crippen LogP contribution in [0.3, 0.4) is 0 Å². The monoisotopic (exact) mass is 410 g/mol. The highest BCUT2D eigenvalue weighted by molar-refractivity contribution is 7.17. The lowest BCUT2D eigenvalue weighted by Gasteiger charge is -2.13.